The van der Waals surface area contributed by atoms with Gasteiger partial charge in [0.1, 0.15) is 0 Å². The van der Waals surface area contributed by atoms with E-state index in [1.165, 1.54) is 55.6 Å². The molecule has 1 amide bonds. The topological polar surface area (TPSA) is 56.0 Å². The fraction of sp³-hybridized carbons (Fsp3) is 0.474. The van der Waals surface area contributed by atoms with Crippen LogP contribution in [0.5, 0.6) is 0 Å². The lowest BCUT2D eigenvalue weighted by Gasteiger charge is -2.28. The molecule has 0 aromatic carbocycles. The highest BCUT2D eigenvalue weighted by Gasteiger charge is 2.22. The van der Waals surface area contributed by atoms with Crippen LogP contribution in [0.1, 0.15) is 66.7 Å². The summed E-state index contributed by atoms with van der Waals surface area (Å²) in [6, 6.07) is 8.00. The number of nitrogens with two attached hydrogens (primary N) is 1. The molecule has 23 heavy (non-hydrogen) atoms. The van der Waals surface area contributed by atoms with Crippen molar-refractivity contribution in [3.8, 4) is 10.4 Å². The molecule has 2 heterocycles. The third-order valence-corrected chi connectivity index (χ3v) is 6.03. The number of nitrogens with zero attached hydrogens (tertiary/aromatic N) is 1. The van der Waals surface area contributed by atoms with E-state index in [2.05, 4.69) is 19.1 Å². The van der Waals surface area contributed by atoms with E-state index in [1.54, 1.807) is 6.07 Å². The van der Waals surface area contributed by atoms with Crippen LogP contribution in [0.2, 0.25) is 0 Å². The first-order valence-corrected chi connectivity index (χ1v) is 9.35. The first-order chi connectivity index (χ1) is 11.2. The van der Waals surface area contributed by atoms with E-state index in [1.807, 2.05) is 12.3 Å². The van der Waals surface area contributed by atoms with Crippen LogP contribution in [-0.2, 0) is 0 Å². The molecule has 0 bridgehead atoms. The van der Waals surface area contributed by atoms with Crippen LogP contribution < -0.4 is 5.73 Å². The van der Waals surface area contributed by atoms with E-state index in [0.29, 0.717) is 10.8 Å². The van der Waals surface area contributed by atoms with Crippen LogP contribution in [-0.4, -0.2) is 10.9 Å². The molecule has 122 valence electrons. The van der Waals surface area contributed by atoms with Crippen LogP contribution in [0.3, 0.4) is 0 Å². The highest BCUT2D eigenvalue weighted by atomic mass is 32.1. The van der Waals surface area contributed by atoms with Gasteiger partial charge >= 0.3 is 0 Å². The second-order valence-electron chi connectivity index (χ2n) is 6.51. The molecule has 1 fully saturated rings. The third kappa shape index (κ3) is 3.81. The summed E-state index contributed by atoms with van der Waals surface area (Å²) in [5.41, 5.74) is 7.59. The highest BCUT2D eigenvalue weighted by Crippen LogP contribution is 2.37. The number of pyridine rings is 1. The zero-order valence-electron chi connectivity index (χ0n) is 13.6. The average molecular weight is 328 g/mol. The predicted molar refractivity (Wildman–Crippen MR) is 95.7 cm³/mol. The molecule has 1 saturated carbocycles. The third-order valence-electron chi connectivity index (χ3n) is 4.88. The van der Waals surface area contributed by atoms with Crippen molar-refractivity contribution in [2.75, 3.05) is 0 Å². The molecule has 3 nitrogen and oxygen atoms in total. The molecule has 2 N–H and O–H groups in total. The maximum atomic E-state index is 11.2. The Bertz CT molecular complexity index is 654. The summed E-state index contributed by atoms with van der Waals surface area (Å²) in [6.45, 7) is 2.28. The van der Waals surface area contributed by atoms with Crippen LogP contribution in [0.15, 0.2) is 30.5 Å². The second kappa shape index (κ2) is 7.26. The summed E-state index contributed by atoms with van der Waals surface area (Å²) >= 11 is 1.43. The van der Waals surface area contributed by atoms with Crippen molar-refractivity contribution >= 4 is 17.2 Å². The molecule has 1 aliphatic rings. The molecule has 3 rings (SSSR count). The summed E-state index contributed by atoms with van der Waals surface area (Å²) in [4.78, 5) is 17.5. The van der Waals surface area contributed by atoms with Gasteiger partial charge < -0.3 is 5.73 Å². The number of carbonyl (C=O) groups is 1. The molecule has 1 aliphatic carbocycles. The Morgan fingerprint density at radius 1 is 1.22 bits per heavy atom. The van der Waals surface area contributed by atoms with Crippen molar-refractivity contribution in [3.05, 3.63) is 41.0 Å². The van der Waals surface area contributed by atoms with Gasteiger partial charge in [0.2, 0.25) is 0 Å². The minimum Gasteiger partial charge on any atom is -0.365 e. The standard InChI is InChI=1S/C19H24N2OS/c1-2-3-13-4-6-14(7-5-13)16-9-8-15(12-21-16)17-10-11-18(23-17)19(20)22/h8-14H,2-7H2,1H3,(H2,20,22). The first kappa shape index (κ1) is 16.2. The number of aromatic nitrogens is 1. The van der Waals surface area contributed by atoms with Gasteiger partial charge in [0.05, 0.1) is 4.88 Å². The van der Waals surface area contributed by atoms with Gasteiger partial charge in [-0.2, -0.15) is 0 Å². The average Bonchev–Trinajstić information content (AvgIpc) is 3.06. The van der Waals surface area contributed by atoms with Crippen molar-refractivity contribution in [2.45, 2.75) is 51.4 Å². The van der Waals surface area contributed by atoms with Gasteiger partial charge in [0.25, 0.3) is 5.91 Å². The number of hydrogen-bond donors (Lipinski definition) is 1. The summed E-state index contributed by atoms with van der Waals surface area (Å²) in [6.07, 6.45) is 9.83. The molecule has 0 atom stereocenters. The molecule has 0 spiro atoms. The second-order valence-corrected chi connectivity index (χ2v) is 7.59. The normalized spacial score (nSPS) is 21.3. The Kier molecular flexibility index (Phi) is 5.11. The van der Waals surface area contributed by atoms with Crippen molar-refractivity contribution in [3.63, 3.8) is 0 Å². The minimum atomic E-state index is -0.366. The Labute approximate surface area is 141 Å². The van der Waals surface area contributed by atoms with Crippen molar-refractivity contribution in [2.24, 2.45) is 11.7 Å². The highest BCUT2D eigenvalue weighted by molar-refractivity contribution is 7.17. The molecule has 2 aromatic heterocycles. The van der Waals surface area contributed by atoms with Gasteiger partial charge in [-0.15, -0.1) is 11.3 Å². The minimum absolute atomic E-state index is 0.366. The van der Waals surface area contributed by atoms with Gasteiger partial charge in [0.15, 0.2) is 0 Å². The molecular formula is C19H24N2OS. The monoisotopic (exact) mass is 328 g/mol. The van der Waals surface area contributed by atoms with E-state index in [9.17, 15) is 4.79 Å². The van der Waals surface area contributed by atoms with Crippen molar-refractivity contribution in [1.29, 1.82) is 0 Å². The fourth-order valence-corrected chi connectivity index (χ4v) is 4.42. The zero-order chi connectivity index (χ0) is 16.2. The fourth-order valence-electron chi connectivity index (χ4n) is 3.57. The Hall–Kier alpha value is -1.68. The van der Waals surface area contributed by atoms with E-state index < -0.39 is 0 Å². The molecule has 0 unspecified atom stereocenters. The molecular weight excluding hydrogens is 304 g/mol. The van der Waals surface area contributed by atoms with Gasteiger partial charge in [0, 0.05) is 28.2 Å². The summed E-state index contributed by atoms with van der Waals surface area (Å²) < 4.78 is 0. The van der Waals surface area contributed by atoms with Gasteiger partial charge in [-0.05, 0) is 49.8 Å². The van der Waals surface area contributed by atoms with Crippen LogP contribution in [0, 0.1) is 5.92 Å². The van der Waals surface area contributed by atoms with Gasteiger partial charge in [-0.1, -0.05) is 25.8 Å². The summed E-state index contributed by atoms with van der Waals surface area (Å²) in [5.74, 6) is 1.17. The summed E-state index contributed by atoms with van der Waals surface area (Å²) in [5, 5.41) is 0. The number of rotatable bonds is 5. The summed E-state index contributed by atoms with van der Waals surface area (Å²) in [7, 11) is 0. The van der Waals surface area contributed by atoms with E-state index in [-0.39, 0.29) is 5.91 Å². The van der Waals surface area contributed by atoms with E-state index in [0.717, 1.165) is 16.4 Å². The van der Waals surface area contributed by atoms with Crippen LogP contribution >= 0.6 is 11.3 Å². The van der Waals surface area contributed by atoms with Gasteiger partial charge in [-0.25, -0.2) is 0 Å². The Morgan fingerprint density at radius 3 is 2.57 bits per heavy atom. The quantitative estimate of drug-likeness (QED) is 0.841. The van der Waals surface area contributed by atoms with Gasteiger partial charge in [-0.3, -0.25) is 9.78 Å². The molecule has 0 aliphatic heterocycles. The molecule has 2 aromatic rings. The lowest BCUT2D eigenvalue weighted by molar-refractivity contribution is 0.100. The number of amides is 1. The largest absolute Gasteiger partial charge is 0.365 e. The lowest BCUT2D eigenvalue weighted by atomic mass is 9.78. The van der Waals surface area contributed by atoms with Crippen molar-refractivity contribution < 1.29 is 4.79 Å². The zero-order valence-corrected chi connectivity index (χ0v) is 14.4. The van der Waals surface area contributed by atoms with Crippen LogP contribution in [0.25, 0.3) is 10.4 Å². The Balaban J connectivity index is 1.66. The number of thiophene rings is 1. The molecule has 4 heteroatoms. The van der Waals surface area contributed by atoms with Crippen molar-refractivity contribution in [1.82, 2.24) is 4.98 Å². The van der Waals surface area contributed by atoms with E-state index in [4.69, 9.17) is 10.7 Å². The number of carbonyl (C=O) groups excluding carboxylic acids is 1. The molecule has 0 saturated heterocycles. The van der Waals surface area contributed by atoms with E-state index >= 15 is 0 Å². The Morgan fingerprint density at radius 2 is 2.00 bits per heavy atom. The maximum Gasteiger partial charge on any atom is 0.258 e. The number of hydrogen-bond acceptors (Lipinski definition) is 3. The number of primary amides is 1. The lowest BCUT2D eigenvalue weighted by Crippen LogP contribution is -2.14. The first-order valence-electron chi connectivity index (χ1n) is 8.53. The predicted octanol–water partition coefficient (Wildman–Crippen LogP) is 4.98. The van der Waals surface area contributed by atoms with Crippen LogP contribution in [0.4, 0.5) is 0 Å². The SMILES string of the molecule is CCCC1CCC(c2ccc(-c3ccc(C(N)=O)s3)cn2)CC1. The maximum absolute atomic E-state index is 11.2. The molecule has 0 radical (unpaired) electrons. The smallest absolute Gasteiger partial charge is 0.258 e.